The highest BCUT2D eigenvalue weighted by molar-refractivity contribution is 5.94. The second-order valence-corrected chi connectivity index (χ2v) is 7.62. The van der Waals surface area contributed by atoms with Crippen LogP contribution in [0.4, 0.5) is 0 Å². The van der Waals surface area contributed by atoms with Gasteiger partial charge >= 0.3 is 0 Å². The maximum Gasteiger partial charge on any atom is 0.270 e. The molecule has 28 heavy (non-hydrogen) atoms. The van der Waals surface area contributed by atoms with Crippen LogP contribution in [0.2, 0.25) is 0 Å². The van der Waals surface area contributed by atoms with Crippen LogP contribution in [-0.4, -0.2) is 33.9 Å². The number of aromatic nitrogens is 2. The summed E-state index contributed by atoms with van der Waals surface area (Å²) in [5.74, 6) is -0.159. The van der Waals surface area contributed by atoms with Crippen molar-refractivity contribution in [1.29, 1.82) is 0 Å². The number of hydrogen-bond donors (Lipinski definition) is 2. The number of carbonyl (C=O) groups excluding carboxylic acids is 2. The molecule has 1 aliphatic rings. The van der Waals surface area contributed by atoms with Crippen molar-refractivity contribution in [3.05, 3.63) is 59.7 Å². The van der Waals surface area contributed by atoms with Crippen LogP contribution in [0.1, 0.15) is 71.4 Å². The van der Waals surface area contributed by atoms with E-state index in [2.05, 4.69) is 20.6 Å². The molecule has 1 saturated carbocycles. The van der Waals surface area contributed by atoms with Gasteiger partial charge < -0.3 is 10.6 Å². The quantitative estimate of drug-likeness (QED) is 0.687. The first kappa shape index (κ1) is 20.0. The van der Waals surface area contributed by atoms with Gasteiger partial charge in [-0.3, -0.25) is 9.59 Å². The van der Waals surface area contributed by atoms with Crippen LogP contribution >= 0.6 is 0 Å². The normalized spacial score (nSPS) is 15.2. The van der Waals surface area contributed by atoms with Crippen molar-refractivity contribution in [3.8, 4) is 0 Å². The van der Waals surface area contributed by atoms with Gasteiger partial charge in [-0.2, -0.15) is 0 Å². The second kappa shape index (κ2) is 9.44. The lowest BCUT2D eigenvalue weighted by Gasteiger charge is -2.30. The molecule has 6 nitrogen and oxygen atoms in total. The molecule has 2 N–H and O–H groups in total. The summed E-state index contributed by atoms with van der Waals surface area (Å²) in [5, 5.41) is 6.21. The summed E-state index contributed by atoms with van der Waals surface area (Å²) in [6.45, 7) is 2.62. The number of rotatable bonds is 8. The summed E-state index contributed by atoms with van der Waals surface area (Å²) in [6.07, 6.45) is 10.0. The standard InChI is InChI=1S/C22H28N4O2/c1-17-7-6-8-18(15-17)20(27)24-13-5-4-12-22(10-2-3-11-22)26-21(28)19-9-14-23-16-25-19/h6-9,14-16H,2-5,10-13H2,1H3,(H,24,27)(H,26,28). The highest BCUT2D eigenvalue weighted by Crippen LogP contribution is 2.34. The molecular formula is C22H28N4O2. The molecule has 0 radical (unpaired) electrons. The fourth-order valence-corrected chi connectivity index (χ4v) is 3.90. The SMILES string of the molecule is Cc1cccc(C(=O)NCCCCC2(NC(=O)c3ccncn3)CCCC2)c1. The summed E-state index contributed by atoms with van der Waals surface area (Å²) in [6, 6.07) is 9.24. The average molecular weight is 380 g/mol. The van der Waals surface area contributed by atoms with Crippen LogP contribution in [0.3, 0.4) is 0 Å². The minimum atomic E-state index is -0.150. The molecule has 6 heteroatoms. The van der Waals surface area contributed by atoms with E-state index in [1.54, 1.807) is 12.3 Å². The average Bonchev–Trinajstić information content (AvgIpc) is 3.16. The molecule has 1 aliphatic carbocycles. The van der Waals surface area contributed by atoms with Crippen molar-refractivity contribution < 1.29 is 9.59 Å². The molecule has 1 heterocycles. The van der Waals surface area contributed by atoms with E-state index < -0.39 is 0 Å². The lowest BCUT2D eigenvalue weighted by molar-refractivity contribution is 0.0887. The van der Waals surface area contributed by atoms with Gasteiger partial charge in [0.25, 0.3) is 11.8 Å². The van der Waals surface area contributed by atoms with Crippen LogP contribution in [0, 0.1) is 6.92 Å². The van der Waals surface area contributed by atoms with Gasteiger partial charge in [-0.05, 0) is 57.2 Å². The molecule has 0 aliphatic heterocycles. The van der Waals surface area contributed by atoms with Gasteiger partial charge in [0.05, 0.1) is 0 Å². The Labute approximate surface area is 166 Å². The van der Waals surface area contributed by atoms with Crippen LogP contribution < -0.4 is 10.6 Å². The van der Waals surface area contributed by atoms with Gasteiger partial charge in [0.15, 0.2) is 0 Å². The number of nitrogens with one attached hydrogen (secondary N) is 2. The Morgan fingerprint density at radius 1 is 1.11 bits per heavy atom. The Kier molecular flexibility index (Phi) is 6.74. The van der Waals surface area contributed by atoms with Crippen molar-refractivity contribution in [1.82, 2.24) is 20.6 Å². The van der Waals surface area contributed by atoms with E-state index in [-0.39, 0.29) is 17.4 Å². The third-order valence-corrected chi connectivity index (χ3v) is 5.40. The molecule has 1 aromatic heterocycles. The summed E-state index contributed by atoms with van der Waals surface area (Å²) < 4.78 is 0. The van der Waals surface area contributed by atoms with E-state index in [0.29, 0.717) is 17.8 Å². The Hall–Kier alpha value is -2.76. The maximum absolute atomic E-state index is 12.5. The molecular weight excluding hydrogens is 352 g/mol. The third kappa shape index (κ3) is 5.38. The van der Waals surface area contributed by atoms with Crippen molar-refractivity contribution in [2.75, 3.05) is 6.54 Å². The highest BCUT2D eigenvalue weighted by Gasteiger charge is 2.35. The van der Waals surface area contributed by atoms with Gasteiger partial charge in [0.1, 0.15) is 12.0 Å². The fourth-order valence-electron chi connectivity index (χ4n) is 3.90. The zero-order chi connectivity index (χ0) is 19.8. The largest absolute Gasteiger partial charge is 0.352 e. The predicted molar refractivity (Wildman–Crippen MR) is 108 cm³/mol. The second-order valence-electron chi connectivity index (χ2n) is 7.62. The van der Waals surface area contributed by atoms with Crippen LogP contribution in [-0.2, 0) is 0 Å². The molecule has 2 aromatic rings. The minimum Gasteiger partial charge on any atom is -0.352 e. The summed E-state index contributed by atoms with van der Waals surface area (Å²) in [7, 11) is 0. The van der Waals surface area contributed by atoms with Gasteiger partial charge in [0.2, 0.25) is 0 Å². The lowest BCUT2D eigenvalue weighted by Crippen LogP contribution is -2.46. The molecule has 0 atom stereocenters. The fraction of sp³-hybridized carbons (Fsp3) is 0.455. The predicted octanol–water partition coefficient (Wildman–Crippen LogP) is 3.43. The third-order valence-electron chi connectivity index (χ3n) is 5.40. The number of carbonyl (C=O) groups is 2. The maximum atomic E-state index is 12.5. The zero-order valence-corrected chi connectivity index (χ0v) is 16.4. The van der Waals surface area contributed by atoms with Crippen molar-refractivity contribution in [3.63, 3.8) is 0 Å². The number of hydrogen-bond acceptors (Lipinski definition) is 4. The Morgan fingerprint density at radius 3 is 2.64 bits per heavy atom. The molecule has 0 unspecified atom stereocenters. The van der Waals surface area contributed by atoms with E-state index in [1.165, 1.54) is 6.33 Å². The first-order valence-corrected chi connectivity index (χ1v) is 10.0. The van der Waals surface area contributed by atoms with E-state index >= 15 is 0 Å². The highest BCUT2D eigenvalue weighted by atomic mass is 16.2. The first-order chi connectivity index (χ1) is 13.6. The molecule has 2 amide bonds. The smallest absolute Gasteiger partial charge is 0.270 e. The van der Waals surface area contributed by atoms with Crippen LogP contribution in [0.15, 0.2) is 42.9 Å². The van der Waals surface area contributed by atoms with Gasteiger partial charge in [-0.25, -0.2) is 9.97 Å². The molecule has 3 rings (SSSR count). The Bertz CT molecular complexity index is 801. The number of amides is 2. The number of aryl methyl sites for hydroxylation is 1. The summed E-state index contributed by atoms with van der Waals surface area (Å²) >= 11 is 0. The first-order valence-electron chi connectivity index (χ1n) is 10.0. The van der Waals surface area contributed by atoms with E-state index in [4.69, 9.17) is 0 Å². The Morgan fingerprint density at radius 2 is 1.93 bits per heavy atom. The van der Waals surface area contributed by atoms with Crippen molar-refractivity contribution >= 4 is 11.8 Å². The monoisotopic (exact) mass is 380 g/mol. The molecule has 0 saturated heterocycles. The topological polar surface area (TPSA) is 84.0 Å². The van der Waals surface area contributed by atoms with Crippen molar-refractivity contribution in [2.24, 2.45) is 0 Å². The van der Waals surface area contributed by atoms with Crippen molar-refractivity contribution in [2.45, 2.75) is 57.4 Å². The molecule has 1 aromatic carbocycles. The zero-order valence-electron chi connectivity index (χ0n) is 16.4. The number of unbranched alkanes of at least 4 members (excludes halogenated alkanes) is 1. The van der Waals surface area contributed by atoms with E-state index in [9.17, 15) is 9.59 Å². The van der Waals surface area contributed by atoms with Gasteiger partial charge in [-0.15, -0.1) is 0 Å². The van der Waals surface area contributed by atoms with Gasteiger partial charge in [-0.1, -0.05) is 30.5 Å². The number of nitrogens with zero attached hydrogens (tertiary/aromatic N) is 2. The molecule has 1 fully saturated rings. The molecule has 148 valence electrons. The molecule has 0 spiro atoms. The summed E-state index contributed by atoms with van der Waals surface area (Å²) in [5.41, 5.74) is 2.04. The van der Waals surface area contributed by atoms with E-state index in [0.717, 1.165) is 50.5 Å². The molecule has 0 bridgehead atoms. The Balaban J connectivity index is 1.45. The number of benzene rings is 1. The van der Waals surface area contributed by atoms with Gasteiger partial charge in [0, 0.05) is 23.8 Å². The van der Waals surface area contributed by atoms with E-state index in [1.807, 2.05) is 31.2 Å². The van der Waals surface area contributed by atoms with Crippen LogP contribution in [0.5, 0.6) is 0 Å². The summed E-state index contributed by atoms with van der Waals surface area (Å²) in [4.78, 5) is 32.6. The minimum absolute atomic E-state index is 0.0312. The van der Waals surface area contributed by atoms with Crippen LogP contribution in [0.25, 0.3) is 0 Å². The lowest BCUT2D eigenvalue weighted by atomic mass is 9.90.